The Morgan fingerprint density at radius 3 is 2.00 bits per heavy atom. The van der Waals surface area contributed by atoms with E-state index < -0.39 is 0 Å². The molecule has 5 aromatic carbocycles. The summed E-state index contributed by atoms with van der Waals surface area (Å²) in [5, 5.41) is 9.32. The molecule has 0 atom stereocenters. The van der Waals surface area contributed by atoms with Crippen molar-refractivity contribution in [1.29, 1.82) is 0 Å². The summed E-state index contributed by atoms with van der Waals surface area (Å²) in [6.45, 7) is 0. The lowest BCUT2D eigenvalue weighted by Gasteiger charge is -2.21. The molecular weight excluding hydrogens is 306 g/mol. The molecule has 0 aliphatic heterocycles. The van der Waals surface area contributed by atoms with Gasteiger partial charge in [-0.25, -0.2) is 5.06 Å². The maximum absolute atomic E-state index is 6.19. The van der Waals surface area contributed by atoms with Crippen LogP contribution in [0.4, 0.5) is 5.69 Å². The molecule has 0 aromatic heterocycles. The van der Waals surface area contributed by atoms with Crippen LogP contribution in [-0.2, 0) is 0 Å². The van der Waals surface area contributed by atoms with Gasteiger partial charge in [0.15, 0.2) is 5.75 Å². The predicted molar refractivity (Wildman–Crippen MR) is 106 cm³/mol. The Balaban J connectivity index is 1.71. The molecule has 25 heavy (non-hydrogen) atoms. The van der Waals surface area contributed by atoms with Crippen molar-refractivity contribution in [3.63, 3.8) is 0 Å². The molecule has 0 saturated heterocycles. The van der Waals surface area contributed by atoms with Crippen LogP contribution in [0.25, 0.3) is 32.3 Å². The molecule has 5 aromatic rings. The van der Waals surface area contributed by atoms with Gasteiger partial charge in [0.2, 0.25) is 0 Å². The van der Waals surface area contributed by atoms with E-state index in [2.05, 4.69) is 54.6 Å². The molecule has 0 amide bonds. The third-order valence-corrected chi connectivity index (χ3v) is 4.84. The highest BCUT2D eigenvalue weighted by Gasteiger charge is 2.13. The van der Waals surface area contributed by atoms with Crippen LogP contribution in [0.1, 0.15) is 0 Å². The Labute approximate surface area is 146 Å². The summed E-state index contributed by atoms with van der Waals surface area (Å²) in [4.78, 5) is 6.19. The average Bonchev–Trinajstić information content (AvgIpc) is 2.68. The van der Waals surface area contributed by atoms with Crippen molar-refractivity contribution < 1.29 is 4.84 Å². The molecule has 0 aliphatic rings. The molecule has 2 nitrogen and oxygen atoms in total. The Kier molecular flexibility index (Phi) is 3.04. The highest BCUT2D eigenvalue weighted by Crippen LogP contribution is 2.38. The minimum absolute atomic E-state index is 0.872. The molecule has 0 spiro atoms. The quantitative estimate of drug-likeness (QED) is 0.297. The standard InChI is InChI=1S/C23H17NO/c1-24(19-8-3-2-4-9-19)25-21-15-13-18-11-10-16-6-5-7-17-12-14-20(21)23(18)22(16)17/h2-15H,1H3. The average molecular weight is 323 g/mol. The first kappa shape index (κ1) is 14.1. The van der Waals surface area contributed by atoms with Crippen molar-refractivity contribution in [1.82, 2.24) is 0 Å². The third kappa shape index (κ3) is 2.18. The molecular formula is C23H17NO. The molecule has 0 fully saturated rings. The minimum atomic E-state index is 0.872. The zero-order valence-corrected chi connectivity index (χ0v) is 13.9. The van der Waals surface area contributed by atoms with Crippen LogP contribution in [0.5, 0.6) is 5.75 Å². The molecule has 0 radical (unpaired) electrons. The van der Waals surface area contributed by atoms with E-state index in [1.54, 1.807) is 0 Å². The fraction of sp³-hybridized carbons (Fsp3) is 0.0435. The van der Waals surface area contributed by atoms with Gasteiger partial charge in [0.1, 0.15) is 0 Å². The molecule has 0 heterocycles. The van der Waals surface area contributed by atoms with Gasteiger partial charge in [-0.2, -0.15) is 0 Å². The first-order valence-electron chi connectivity index (χ1n) is 8.44. The number of hydrogen-bond acceptors (Lipinski definition) is 2. The monoisotopic (exact) mass is 323 g/mol. The highest BCUT2D eigenvalue weighted by atomic mass is 16.7. The zero-order valence-electron chi connectivity index (χ0n) is 13.9. The molecule has 0 saturated carbocycles. The fourth-order valence-electron chi connectivity index (χ4n) is 3.63. The van der Waals surface area contributed by atoms with Gasteiger partial charge in [-0.05, 0) is 45.8 Å². The van der Waals surface area contributed by atoms with Gasteiger partial charge in [0.25, 0.3) is 0 Å². The van der Waals surface area contributed by atoms with E-state index in [0.717, 1.165) is 16.8 Å². The number of rotatable bonds is 3. The lowest BCUT2D eigenvalue weighted by molar-refractivity contribution is 0.307. The van der Waals surface area contributed by atoms with Gasteiger partial charge in [-0.1, -0.05) is 60.7 Å². The molecule has 0 aliphatic carbocycles. The van der Waals surface area contributed by atoms with Crippen LogP contribution in [0.15, 0.2) is 84.9 Å². The molecule has 0 N–H and O–H groups in total. The van der Waals surface area contributed by atoms with Gasteiger partial charge in [-0.3, -0.25) is 0 Å². The van der Waals surface area contributed by atoms with Crippen LogP contribution >= 0.6 is 0 Å². The number of anilines is 1. The van der Waals surface area contributed by atoms with Gasteiger partial charge < -0.3 is 4.84 Å². The van der Waals surface area contributed by atoms with Gasteiger partial charge in [0, 0.05) is 17.8 Å². The second-order valence-electron chi connectivity index (χ2n) is 6.34. The maximum atomic E-state index is 6.19. The minimum Gasteiger partial charge on any atom is -0.379 e. The summed E-state index contributed by atoms with van der Waals surface area (Å²) in [5.74, 6) is 0.872. The number of hydroxylamine groups is 1. The van der Waals surface area contributed by atoms with E-state index in [-0.39, 0.29) is 0 Å². The van der Waals surface area contributed by atoms with Crippen molar-refractivity contribution >= 4 is 38.0 Å². The normalized spacial score (nSPS) is 11.4. The lowest BCUT2D eigenvalue weighted by Crippen LogP contribution is -2.21. The summed E-state index contributed by atoms with van der Waals surface area (Å²) < 4.78 is 0. The highest BCUT2D eigenvalue weighted by molar-refractivity contribution is 6.24. The summed E-state index contributed by atoms with van der Waals surface area (Å²) in [6, 6.07) is 29.5. The smallest absolute Gasteiger partial charge is 0.163 e. The second kappa shape index (κ2) is 5.38. The first-order chi connectivity index (χ1) is 12.3. The van der Waals surface area contributed by atoms with Gasteiger partial charge in [-0.15, -0.1) is 0 Å². The number of nitrogens with zero attached hydrogens (tertiary/aromatic N) is 1. The van der Waals surface area contributed by atoms with Gasteiger partial charge in [0.05, 0.1) is 5.69 Å². The van der Waals surface area contributed by atoms with E-state index in [4.69, 9.17) is 4.84 Å². The lowest BCUT2D eigenvalue weighted by atomic mass is 9.94. The van der Waals surface area contributed by atoms with Crippen LogP contribution in [0.2, 0.25) is 0 Å². The van der Waals surface area contributed by atoms with Crippen molar-refractivity contribution in [2.24, 2.45) is 0 Å². The Bertz CT molecular complexity index is 1160. The predicted octanol–water partition coefficient (Wildman–Crippen LogP) is 6.01. The van der Waals surface area contributed by atoms with Crippen molar-refractivity contribution in [2.75, 3.05) is 12.1 Å². The Hall–Kier alpha value is -3.26. The largest absolute Gasteiger partial charge is 0.379 e. The molecule has 0 unspecified atom stereocenters. The first-order valence-corrected chi connectivity index (χ1v) is 8.44. The summed E-state index contributed by atoms with van der Waals surface area (Å²) in [7, 11) is 1.94. The fourth-order valence-corrected chi connectivity index (χ4v) is 3.63. The van der Waals surface area contributed by atoms with Crippen LogP contribution in [0.3, 0.4) is 0 Å². The van der Waals surface area contributed by atoms with Crippen molar-refractivity contribution in [2.45, 2.75) is 0 Å². The van der Waals surface area contributed by atoms with Crippen molar-refractivity contribution in [3.8, 4) is 5.75 Å². The number of benzene rings is 5. The van der Waals surface area contributed by atoms with Crippen LogP contribution in [-0.4, -0.2) is 7.05 Å². The SMILES string of the molecule is CN(Oc1ccc2ccc3cccc4ccc1c2c34)c1ccccc1. The topological polar surface area (TPSA) is 12.5 Å². The molecule has 0 bridgehead atoms. The third-order valence-electron chi connectivity index (χ3n) is 4.84. The summed E-state index contributed by atoms with van der Waals surface area (Å²) in [5.41, 5.74) is 1.02. The zero-order chi connectivity index (χ0) is 16.8. The molecule has 2 heteroatoms. The van der Waals surface area contributed by atoms with Crippen molar-refractivity contribution in [3.05, 3.63) is 84.9 Å². The maximum Gasteiger partial charge on any atom is 0.163 e. The van der Waals surface area contributed by atoms with Crippen LogP contribution in [0, 0.1) is 0 Å². The van der Waals surface area contributed by atoms with Gasteiger partial charge >= 0.3 is 0 Å². The number of hydrogen-bond donors (Lipinski definition) is 0. The number of para-hydroxylation sites is 1. The van der Waals surface area contributed by atoms with E-state index in [0.29, 0.717) is 0 Å². The summed E-state index contributed by atoms with van der Waals surface area (Å²) >= 11 is 0. The second-order valence-corrected chi connectivity index (χ2v) is 6.34. The molecule has 5 rings (SSSR count). The van der Waals surface area contributed by atoms with E-state index in [9.17, 15) is 0 Å². The molecule has 120 valence electrons. The van der Waals surface area contributed by atoms with E-state index in [1.165, 1.54) is 26.9 Å². The van der Waals surface area contributed by atoms with Crippen LogP contribution < -0.4 is 9.90 Å². The Morgan fingerprint density at radius 1 is 0.600 bits per heavy atom. The Morgan fingerprint density at radius 2 is 1.24 bits per heavy atom. The van der Waals surface area contributed by atoms with E-state index >= 15 is 0 Å². The summed E-state index contributed by atoms with van der Waals surface area (Å²) in [6.07, 6.45) is 0. The van der Waals surface area contributed by atoms with E-state index in [1.807, 2.05) is 42.4 Å².